The maximum absolute atomic E-state index is 12.5. The van der Waals surface area contributed by atoms with Crippen LogP contribution >= 0.6 is 0 Å². The smallest absolute Gasteiger partial charge is 0.326 e. The molecule has 160 valence electrons. The number of amides is 1. The second kappa shape index (κ2) is 8.51. The van der Waals surface area contributed by atoms with Crippen molar-refractivity contribution in [3.63, 3.8) is 0 Å². The molecule has 1 heterocycles. The van der Waals surface area contributed by atoms with Crippen molar-refractivity contribution in [3.8, 4) is 11.5 Å². The van der Waals surface area contributed by atoms with Gasteiger partial charge in [-0.05, 0) is 36.0 Å². The third kappa shape index (κ3) is 4.09. The number of ether oxygens (including phenoxy) is 1. The number of hydrogen-bond acceptors (Lipinski definition) is 5. The van der Waals surface area contributed by atoms with Gasteiger partial charge in [-0.3, -0.25) is 19.6 Å². The molecule has 1 amide bonds. The number of aromatic nitrogens is 2. The first-order chi connectivity index (χ1) is 15.0. The van der Waals surface area contributed by atoms with Crippen molar-refractivity contribution in [2.45, 2.75) is 18.8 Å². The van der Waals surface area contributed by atoms with Gasteiger partial charge in [-0.1, -0.05) is 42.5 Å². The van der Waals surface area contributed by atoms with Crippen LogP contribution in [0.5, 0.6) is 11.5 Å². The molecule has 0 spiro atoms. The van der Waals surface area contributed by atoms with E-state index in [-0.39, 0.29) is 11.8 Å². The molecule has 0 saturated heterocycles. The van der Waals surface area contributed by atoms with E-state index in [1.165, 1.54) is 11.1 Å². The fourth-order valence-corrected chi connectivity index (χ4v) is 4.29. The third-order valence-corrected chi connectivity index (χ3v) is 5.72. The molecule has 0 unspecified atom stereocenters. The molecule has 2 aromatic carbocycles. The zero-order chi connectivity index (χ0) is 22.0. The van der Waals surface area contributed by atoms with Crippen LogP contribution in [0, 0.1) is 5.92 Å². The van der Waals surface area contributed by atoms with Crippen molar-refractivity contribution in [1.82, 2.24) is 15.3 Å². The topological polar surface area (TPSA) is 124 Å². The maximum atomic E-state index is 12.5. The summed E-state index contributed by atoms with van der Waals surface area (Å²) < 4.78 is 5.58. The predicted molar refractivity (Wildman–Crippen MR) is 115 cm³/mol. The fraction of sp³-hybridized carbons (Fsp3) is 0.261. The Morgan fingerprint density at radius 2 is 1.81 bits per heavy atom. The molecular formula is C23H23N3O5. The van der Waals surface area contributed by atoms with Crippen LogP contribution in [-0.2, 0) is 6.42 Å². The van der Waals surface area contributed by atoms with Gasteiger partial charge in [0.05, 0.1) is 7.11 Å². The lowest BCUT2D eigenvalue weighted by Crippen LogP contribution is -2.36. The minimum Gasteiger partial charge on any atom is -0.501 e. The minimum atomic E-state index is -1.00. The van der Waals surface area contributed by atoms with Gasteiger partial charge >= 0.3 is 5.69 Å². The van der Waals surface area contributed by atoms with Gasteiger partial charge < -0.3 is 15.2 Å². The first-order valence-electron chi connectivity index (χ1n) is 10.0. The number of fused-ring (bicyclic) bond motifs is 1. The van der Waals surface area contributed by atoms with E-state index < -0.39 is 28.6 Å². The molecule has 4 N–H and O–H groups in total. The van der Waals surface area contributed by atoms with Gasteiger partial charge in [-0.15, -0.1) is 0 Å². The standard InChI is InChI=1S/C23H23N3O5/c1-31-18-9-5-4-8-16(18)17-11-13(10-14-6-2-3-7-15(14)17)12-24-21(28)19-20(27)22(29)26-23(30)25-19/h2-9,13,17,27H,10-12H2,1H3,(H,24,28)(H2,25,26,29,30)/t13-,17-/m1/s1. The van der Waals surface area contributed by atoms with Gasteiger partial charge in [0.1, 0.15) is 5.75 Å². The van der Waals surface area contributed by atoms with E-state index in [0.717, 1.165) is 24.2 Å². The summed E-state index contributed by atoms with van der Waals surface area (Å²) in [5, 5.41) is 12.6. The first kappa shape index (κ1) is 20.5. The van der Waals surface area contributed by atoms with Crippen LogP contribution in [0.15, 0.2) is 58.1 Å². The molecule has 3 aromatic rings. The number of para-hydroxylation sites is 1. The van der Waals surface area contributed by atoms with Gasteiger partial charge in [-0.2, -0.15) is 0 Å². The molecular weight excluding hydrogens is 398 g/mol. The van der Waals surface area contributed by atoms with Gasteiger partial charge in [-0.25, -0.2) is 4.79 Å². The third-order valence-electron chi connectivity index (χ3n) is 5.72. The second-order valence-electron chi connectivity index (χ2n) is 7.64. The van der Waals surface area contributed by atoms with E-state index in [1.54, 1.807) is 7.11 Å². The summed E-state index contributed by atoms with van der Waals surface area (Å²) >= 11 is 0. The molecule has 31 heavy (non-hydrogen) atoms. The number of aromatic hydroxyl groups is 1. The Bertz CT molecular complexity index is 1230. The number of nitrogens with one attached hydrogen (secondary N) is 3. The quantitative estimate of drug-likeness (QED) is 0.501. The lowest BCUT2D eigenvalue weighted by Gasteiger charge is -2.32. The van der Waals surface area contributed by atoms with Gasteiger partial charge in [0, 0.05) is 18.0 Å². The lowest BCUT2D eigenvalue weighted by atomic mass is 9.73. The molecule has 8 nitrogen and oxygen atoms in total. The van der Waals surface area contributed by atoms with Crippen molar-refractivity contribution in [1.29, 1.82) is 0 Å². The molecule has 0 fully saturated rings. The highest BCUT2D eigenvalue weighted by Crippen LogP contribution is 2.42. The van der Waals surface area contributed by atoms with Gasteiger partial charge in [0.2, 0.25) is 5.75 Å². The van der Waals surface area contributed by atoms with Crippen molar-refractivity contribution < 1.29 is 14.6 Å². The number of H-pyrrole nitrogens is 2. The molecule has 1 aliphatic carbocycles. The van der Waals surface area contributed by atoms with Crippen LogP contribution in [0.4, 0.5) is 0 Å². The number of rotatable bonds is 5. The Labute approximate surface area is 177 Å². The average molecular weight is 421 g/mol. The van der Waals surface area contributed by atoms with Crippen molar-refractivity contribution in [2.24, 2.45) is 5.92 Å². The number of aromatic amines is 2. The first-order valence-corrected chi connectivity index (χ1v) is 10.0. The van der Waals surface area contributed by atoms with E-state index in [1.807, 2.05) is 35.3 Å². The summed E-state index contributed by atoms with van der Waals surface area (Å²) in [6, 6.07) is 16.1. The Morgan fingerprint density at radius 3 is 2.58 bits per heavy atom. The van der Waals surface area contributed by atoms with Crippen molar-refractivity contribution in [3.05, 3.63) is 91.8 Å². The summed E-state index contributed by atoms with van der Waals surface area (Å²) in [5.74, 6) is -0.468. The summed E-state index contributed by atoms with van der Waals surface area (Å²) in [7, 11) is 1.65. The van der Waals surface area contributed by atoms with E-state index in [0.29, 0.717) is 6.54 Å². The Kier molecular flexibility index (Phi) is 5.62. The molecule has 8 heteroatoms. The number of methoxy groups -OCH3 is 1. The number of carbonyl (C=O) groups is 1. The summed E-state index contributed by atoms with van der Waals surface area (Å²) in [6.45, 7) is 0.326. The predicted octanol–water partition coefficient (Wildman–Crippen LogP) is 1.90. The number of carbonyl (C=O) groups excluding carboxylic acids is 1. The normalized spacial score (nSPS) is 17.6. The molecule has 0 saturated carbocycles. The fourth-order valence-electron chi connectivity index (χ4n) is 4.29. The Balaban J connectivity index is 1.58. The highest BCUT2D eigenvalue weighted by molar-refractivity contribution is 5.94. The van der Waals surface area contributed by atoms with Crippen molar-refractivity contribution in [2.75, 3.05) is 13.7 Å². The van der Waals surface area contributed by atoms with Crippen LogP contribution in [0.1, 0.15) is 39.5 Å². The zero-order valence-corrected chi connectivity index (χ0v) is 17.0. The Hall–Kier alpha value is -3.81. The summed E-state index contributed by atoms with van der Waals surface area (Å²) in [6.07, 6.45) is 1.56. The molecule has 1 aliphatic rings. The van der Waals surface area contributed by atoms with E-state index in [4.69, 9.17) is 4.74 Å². The average Bonchev–Trinajstić information content (AvgIpc) is 2.79. The molecule has 2 atom stereocenters. The summed E-state index contributed by atoms with van der Waals surface area (Å²) in [4.78, 5) is 39.6. The largest absolute Gasteiger partial charge is 0.501 e. The molecule has 0 radical (unpaired) electrons. The van der Waals surface area contributed by atoms with E-state index in [2.05, 4.69) is 28.5 Å². The second-order valence-corrected chi connectivity index (χ2v) is 7.64. The van der Waals surface area contributed by atoms with Crippen LogP contribution in [0.25, 0.3) is 0 Å². The Morgan fingerprint density at radius 1 is 1.10 bits per heavy atom. The van der Waals surface area contributed by atoms with Gasteiger partial charge in [0.25, 0.3) is 11.5 Å². The minimum absolute atomic E-state index is 0.107. The van der Waals surface area contributed by atoms with Crippen LogP contribution < -0.4 is 21.3 Å². The highest BCUT2D eigenvalue weighted by atomic mass is 16.5. The van der Waals surface area contributed by atoms with Gasteiger partial charge in [0.15, 0.2) is 5.69 Å². The van der Waals surface area contributed by atoms with E-state index in [9.17, 15) is 19.5 Å². The molecule has 0 bridgehead atoms. The molecule has 4 rings (SSSR count). The summed E-state index contributed by atoms with van der Waals surface area (Å²) in [5.41, 5.74) is 1.24. The maximum Gasteiger partial charge on any atom is 0.326 e. The van der Waals surface area contributed by atoms with E-state index >= 15 is 0 Å². The number of benzene rings is 2. The SMILES string of the molecule is COc1ccccc1[C@@H]1C[C@H](CNC(=O)c2[nH]c(=O)[nH]c(=O)c2O)Cc2ccccc21. The lowest BCUT2D eigenvalue weighted by molar-refractivity contribution is 0.0936. The number of hydrogen-bond donors (Lipinski definition) is 4. The van der Waals surface area contributed by atoms with Crippen LogP contribution in [-0.4, -0.2) is 34.6 Å². The molecule has 1 aromatic heterocycles. The van der Waals surface area contributed by atoms with Crippen molar-refractivity contribution >= 4 is 5.91 Å². The highest BCUT2D eigenvalue weighted by Gasteiger charge is 2.30. The monoisotopic (exact) mass is 421 g/mol. The molecule has 0 aliphatic heterocycles. The zero-order valence-electron chi connectivity index (χ0n) is 17.0. The van der Waals surface area contributed by atoms with Crippen LogP contribution in [0.3, 0.4) is 0 Å². The van der Waals surface area contributed by atoms with Crippen LogP contribution in [0.2, 0.25) is 0 Å².